The van der Waals surface area contributed by atoms with Crippen molar-refractivity contribution in [3.63, 3.8) is 0 Å². The number of hydrogen-bond donors (Lipinski definition) is 0. The van der Waals surface area contributed by atoms with Crippen molar-refractivity contribution >= 4 is 16.9 Å². The first kappa shape index (κ1) is 18.5. The molecule has 0 saturated heterocycles. The molecule has 0 radical (unpaired) electrons. The van der Waals surface area contributed by atoms with Gasteiger partial charge in [-0.25, -0.2) is 0 Å². The number of fused-ring (bicyclic) bond motifs is 2. The van der Waals surface area contributed by atoms with Crippen LogP contribution in [0, 0.1) is 0 Å². The molecule has 1 aliphatic rings. The van der Waals surface area contributed by atoms with Crippen LogP contribution >= 0.6 is 0 Å². The van der Waals surface area contributed by atoms with E-state index in [0.717, 1.165) is 34.9 Å². The number of alkyl halides is 2. The number of carbonyl (C=O) groups is 1. The van der Waals surface area contributed by atoms with Crippen LogP contribution in [0.1, 0.15) is 28.7 Å². The molecule has 2 aromatic carbocycles. The molecule has 0 bridgehead atoms. The van der Waals surface area contributed by atoms with Crippen LogP contribution in [0.5, 0.6) is 5.75 Å². The number of ether oxygens (including phenoxy) is 1. The molecule has 0 N–H and O–H groups in total. The van der Waals surface area contributed by atoms with Gasteiger partial charge in [0.25, 0.3) is 0 Å². The quantitative estimate of drug-likeness (QED) is 0.616. The molecule has 6 heteroatoms. The Balaban J connectivity index is 1.42. The largest absolute Gasteiger partial charge is 0.464 e. The fourth-order valence-electron chi connectivity index (χ4n) is 3.72. The number of halogens is 2. The molecule has 3 aromatic rings. The van der Waals surface area contributed by atoms with Crippen molar-refractivity contribution in [3.8, 4) is 5.75 Å². The number of rotatable bonds is 6. The predicted octanol–water partition coefficient (Wildman–Crippen LogP) is 4.72. The summed E-state index contributed by atoms with van der Waals surface area (Å²) in [6.45, 7) is -2.46. The Bertz CT molecular complexity index is 995. The molecule has 1 aliphatic carbocycles. The highest BCUT2D eigenvalue weighted by Crippen LogP contribution is 2.30. The van der Waals surface area contributed by atoms with Crippen molar-refractivity contribution in [1.29, 1.82) is 0 Å². The Labute approximate surface area is 161 Å². The van der Waals surface area contributed by atoms with Crippen LogP contribution in [-0.2, 0) is 30.6 Å². The van der Waals surface area contributed by atoms with Crippen LogP contribution in [0.2, 0.25) is 0 Å². The average Bonchev–Trinajstić information content (AvgIpc) is 3.27. The molecule has 1 amide bonds. The smallest absolute Gasteiger partial charge is 0.387 e. The SMILES string of the molecule is CN(Cc1ccc(OC(F)F)cc1)C(=O)Cc1coc2cc3c(cc12)CCC3. The fourth-order valence-corrected chi connectivity index (χ4v) is 3.72. The van der Waals surface area contributed by atoms with Crippen molar-refractivity contribution < 1.29 is 22.7 Å². The molecule has 0 aliphatic heterocycles. The van der Waals surface area contributed by atoms with Gasteiger partial charge in [0.1, 0.15) is 11.3 Å². The van der Waals surface area contributed by atoms with Gasteiger partial charge in [0.05, 0.1) is 12.7 Å². The third kappa shape index (κ3) is 3.86. The standard InChI is InChI=1S/C22H21F2NO3/c1-25(12-14-5-7-18(8-6-14)28-22(23)24)21(26)11-17-13-27-20-10-16-4-2-3-15(16)9-19(17)20/h5-10,13,22H,2-4,11-12H2,1H3. The van der Waals surface area contributed by atoms with Gasteiger partial charge in [0.15, 0.2) is 0 Å². The molecule has 4 rings (SSSR count). The first-order valence-electron chi connectivity index (χ1n) is 9.29. The second-order valence-electron chi connectivity index (χ2n) is 7.18. The van der Waals surface area contributed by atoms with Gasteiger partial charge in [0.2, 0.25) is 5.91 Å². The highest BCUT2D eigenvalue weighted by Gasteiger charge is 2.18. The van der Waals surface area contributed by atoms with Gasteiger partial charge in [-0.1, -0.05) is 12.1 Å². The zero-order valence-electron chi connectivity index (χ0n) is 15.6. The summed E-state index contributed by atoms with van der Waals surface area (Å²) in [6.07, 6.45) is 5.26. The predicted molar refractivity (Wildman–Crippen MR) is 101 cm³/mol. The molecule has 1 heterocycles. The molecule has 28 heavy (non-hydrogen) atoms. The summed E-state index contributed by atoms with van der Waals surface area (Å²) in [5.41, 5.74) is 5.26. The van der Waals surface area contributed by atoms with Crippen molar-refractivity contribution in [2.24, 2.45) is 0 Å². The molecule has 0 saturated carbocycles. The zero-order valence-corrected chi connectivity index (χ0v) is 15.6. The summed E-state index contributed by atoms with van der Waals surface area (Å²) in [4.78, 5) is 14.3. The van der Waals surface area contributed by atoms with Crippen LogP contribution < -0.4 is 4.74 Å². The average molecular weight is 385 g/mol. The van der Waals surface area contributed by atoms with E-state index >= 15 is 0 Å². The van der Waals surface area contributed by atoms with E-state index in [1.165, 1.54) is 29.7 Å². The Morgan fingerprint density at radius 3 is 2.61 bits per heavy atom. The number of benzene rings is 2. The maximum Gasteiger partial charge on any atom is 0.387 e. The van der Waals surface area contributed by atoms with E-state index in [0.29, 0.717) is 6.54 Å². The number of hydrogen-bond acceptors (Lipinski definition) is 3. The first-order chi connectivity index (χ1) is 13.5. The van der Waals surface area contributed by atoms with E-state index in [4.69, 9.17) is 4.42 Å². The monoisotopic (exact) mass is 385 g/mol. The van der Waals surface area contributed by atoms with E-state index in [1.54, 1.807) is 30.3 Å². The minimum Gasteiger partial charge on any atom is -0.464 e. The lowest BCUT2D eigenvalue weighted by atomic mass is 10.0. The summed E-state index contributed by atoms with van der Waals surface area (Å²) in [5.74, 6) is 0.0706. The third-order valence-corrected chi connectivity index (χ3v) is 5.20. The molecule has 0 atom stereocenters. The summed E-state index contributed by atoms with van der Waals surface area (Å²) in [7, 11) is 1.73. The van der Waals surface area contributed by atoms with Crippen LogP contribution in [0.25, 0.3) is 11.0 Å². The number of amides is 1. The third-order valence-electron chi connectivity index (χ3n) is 5.20. The molecule has 0 spiro atoms. The Morgan fingerprint density at radius 2 is 1.89 bits per heavy atom. The first-order valence-corrected chi connectivity index (χ1v) is 9.29. The van der Waals surface area contributed by atoms with Gasteiger partial charge >= 0.3 is 6.61 Å². The molecular weight excluding hydrogens is 364 g/mol. The van der Waals surface area contributed by atoms with E-state index < -0.39 is 6.61 Å². The highest BCUT2D eigenvalue weighted by molar-refractivity contribution is 5.88. The molecule has 0 unspecified atom stereocenters. The number of carbonyl (C=O) groups excluding carboxylic acids is 1. The number of nitrogens with zero attached hydrogens (tertiary/aromatic N) is 1. The Morgan fingerprint density at radius 1 is 1.18 bits per heavy atom. The normalized spacial score (nSPS) is 13.1. The van der Waals surface area contributed by atoms with Crippen LogP contribution in [0.15, 0.2) is 47.1 Å². The molecular formula is C22H21F2NO3. The lowest BCUT2D eigenvalue weighted by molar-refractivity contribution is -0.129. The maximum absolute atomic E-state index is 12.7. The summed E-state index contributed by atoms with van der Waals surface area (Å²) in [5, 5.41) is 1.01. The highest BCUT2D eigenvalue weighted by atomic mass is 19.3. The van der Waals surface area contributed by atoms with Crippen LogP contribution in [-0.4, -0.2) is 24.5 Å². The van der Waals surface area contributed by atoms with Crippen molar-refractivity contribution in [3.05, 3.63) is 64.9 Å². The zero-order chi connectivity index (χ0) is 19.7. The van der Waals surface area contributed by atoms with Crippen molar-refractivity contribution in [2.75, 3.05) is 7.05 Å². The number of furan rings is 1. The maximum atomic E-state index is 12.7. The van der Waals surface area contributed by atoms with Crippen molar-refractivity contribution in [1.82, 2.24) is 4.90 Å². The van der Waals surface area contributed by atoms with E-state index in [-0.39, 0.29) is 18.1 Å². The van der Waals surface area contributed by atoms with Gasteiger partial charge in [-0.3, -0.25) is 4.79 Å². The van der Waals surface area contributed by atoms with E-state index in [9.17, 15) is 13.6 Å². The Hall–Kier alpha value is -2.89. The molecule has 0 fully saturated rings. The number of aryl methyl sites for hydroxylation is 2. The van der Waals surface area contributed by atoms with E-state index in [1.807, 2.05) is 0 Å². The summed E-state index contributed by atoms with van der Waals surface area (Å²) in [6, 6.07) is 10.6. The molecule has 1 aromatic heterocycles. The van der Waals surface area contributed by atoms with Gasteiger partial charge in [-0.05, 0) is 60.2 Å². The van der Waals surface area contributed by atoms with Gasteiger partial charge in [0, 0.05) is 24.5 Å². The minimum atomic E-state index is -2.85. The molecule has 4 nitrogen and oxygen atoms in total. The van der Waals surface area contributed by atoms with Gasteiger partial charge in [-0.2, -0.15) is 8.78 Å². The van der Waals surface area contributed by atoms with Gasteiger partial charge in [-0.15, -0.1) is 0 Å². The second-order valence-corrected chi connectivity index (χ2v) is 7.18. The lowest BCUT2D eigenvalue weighted by Gasteiger charge is -2.17. The molecule has 146 valence electrons. The topological polar surface area (TPSA) is 42.7 Å². The van der Waals surface area contributed by atoms with Crippen molar-refractivity contribution in [2.45, 2.75) is 38.8 Å². The number of likely N-dealkylation sites (N-methyl/N-ethyl adjacent to an activating group) is 1. The fraction of sp³-hybridized carbons (Fsp3) is 0.318. The summed E-state index contributed by atoms with van der Waals surface area (Å²) < 4.78 is 34.4. The van der Waals surface area contributed by atoms with Crippen LogP contribution in [0.4, 0.5) is 8.78 Å². The lowest BCUT2D eigenvalue weighted by Crippen LogP contribution is -2.27. The minimum absolute atomic E-state index is 0.0314. The summed E-state index contributed by atoms with van der Waals surface area (Å²) >= 11 is 0. The van der Waals surface area contributed by atoms with Gasteiger partial charge < -0.3 is 14.1 Å². The van der Waals surface area contributed by atoms with E-state index in [2.05, 4.69) is 16.9 Å². The van der Waals surface area contributed by atoms with Crippen LogP contribution in [0.3, 0.4) is 0 Å². The Kier molecular flexibility index (Phi) is 5.03. The second kappa shape index (κ2) is 7.62.